The van der Waals surface area contributed by atoms with Gasteiger partial charge in [0.15, 0.2) is 0 Å². The van der Waals surface area contributed by atoms with Crippen LogP contribution in [0.25, 0.3) is 0 Å². The molecule has 0 fully saturated rings. The van der Waals surface area contributed by atoms with Crippen LogP contribution in [0.5, 0.6) is 0 Å². The average Bonchev–Trinajstić information content (AvgIpc) is 2.00. The van der Waals surface area contributed by atoms with E-state index >= 15 is 0 Å². The summed E-state index contributed by atoms with van der Waals surface area (Å²) in [7, 11) is 0. The van der Waals surface area contributed by atoms with Crippen LogP contribution in [0.15, 0.2) is 4.02 Å². The molecule has 0 unspecified atom stereocenters. The third-order valence-corrected chi connectivity index (χ3v) is 1.40. The summed E-state index contributed by atoms with van der Waals surface area (Å²) in [5.41, 5.74) is 0. The van der Waals surface area contributed by atoms with Crippen molar-refractivity contribution in [2.75, 3.05) is 0 Å². The Kier molecular flexibility index (Phi) is 3.52. The molecule has 0 aromatic carbocycles. The van der Waals surface area contributed by atoms with Crippen molar-refractivity contribution in [3.8, 4) is 0 Å². The molecule has 0 radical (unpaired) electrons. The fraction of sp³-hybridized carbons (Fsp3) is 0.750. The maximum Gasteiger partial charge on any atom is 0.460 e. The van der Waals surface area contributed by atoms with Crippen molar-refractivity contribution < 1.29 is 35.1 Å². The summed E-state index contributed by atoms with van der Waals surface area (Å²) in [6.45, 7) is 0. The normalized spacial score (nSPS) is 15.9. The molecule has 0 saturated heterocycles. The van der Waals surface area contributed by atoms with Crippen LogP contribution >= 0.6 is 16.1 Å². The van der Waals surface area contributed by atoms with Crippen LogP contribution in [0, 0.1) is 0 Å². The summed E-state index contributed by atoms with van der Waals surface area (Å²) >= 11 is 1.64. The van der Waals surface area contributed by atoms with Crippen LogP contribution in [-0.4, -0.2) is 24.0 Å². The molecule has 0 saturated carbocycles. The zero-order valence-electron chi connectivity index (χ0n) is 5.85. The van der Waals surface area contributed by atoms with E-state index in [2.05, 4.69) is 0 Å². The van der Waals surface area contributed by atoms with Crippen molar-refractivity contribution >= 4 is 22.1 Å². The average molecular weight is 294 g/mol. The SMILES string of the molecule is FC(=NBr)C(F)(F)C(F)(F)C(F)(F)F. The largest absolute Gasteiger partial charge is 0.460 e. The van der Waals surface area contributed by atoms with Gasteiger partial charge in [-0.2, -0.15) is 39.1 Å². The summed E-state index contributed by atoms with van der Waals surface area (Å²) in [5.74, 6) is -15.7. The van der Waals surface area contributed by atoms with Crippen molar-refractivity contribution in [1.29, 1.82) is 0 Å². The summed E-state index contributed by atoms with van der Waals surface area (Å²) in [4.78, 5) is 0. The third kappa shape index (κ3) is 1.98. The van der Waals surface area contributed by atoms with Gasteiger partial charge in [0, 0.05) is 0 Å². The molecule has 84 valence electrons. The molecule has 0 aliphatic rings. The highest BCUT2D eigenvalue weighted by atomic mass is 79.9. The Morgan fingerprint density at radius 2 is 1.29 bits per heavy atom. The van der Waals surface area contributed by atoms with Crippen LogP contribution in [-0.2, 0) is 0 Å². The molecule has 0 atom stereocenters. The number of rotatable bonds is 2. The van der Waals surface area contributed by atoms with Crippen LogP contribution < -0.4 is 0 Å². The monoisotopic (exact) mass is 293 g/mol. The molecule has 0 spiro atoms. The zero-order valence-corrected chi connectivity index (χ0v) is 7.43. The van der Waals surface area contributed by atoms with Gasteiger partial charge in [-0.1, -0.05) is 0 Å². The van der Waals surface area contributed by atoms with Gasteiger partial charge in [0.25, 0.3) is 5.97 Å². The molecule has 0 aromatic heterocycles. The lowest BCUT2D eigenvalue weighted by Crippen LogP contribution is -2.55. The Labute approximate surface area is 80.1 Å². The topological polar surface area (TPSA) is 12.4 Å². The van der Waals surface area contributed by atoms with E-state index in [1.54, 1.807) is 20.2 Å². The van der Waals surface area contributed by atoms with Gasteiger partial charge in [-0.3, -0.25) is 0 Å². The Bertz CT molecular complexity index is 242. The predicted molar refractivity (Wildman–Crippen MR) is 33.4 cm³/mol. The van der Waals surface area contributed by atoms with E-state index in [0.29, 0.717) is 0 Å². The Hall–Kier alpha value is -0.410. The highest BCUT2D eigenvalue weighted by Crippen LogP contribution is 2.47. The van der Waals surface area contributed by atoms with Crippen LogP contribution in [0.1, 0.15) is 0 Å². The van der Waals surface area contributed by atoms with Gasteiger partial charge in [-0.15, -0.1) is 0 Å². The van der Waals surface area contributed by atoms with Crippen molar-refractivity contribution in [3.05, 3.63) is 0 Å². The van der Waals surface area contributed by atoms with Gasteiger partial charge in [0.1, 0.15) is 0 Å². The first-order valence-corrected chi connectivity index (χ1v) is 3.36. The standard InChI is InChI=1S/C4BrF8N/c5-14-1(6)2(7,8)3(9,10)4(11,12)13. The molecule has 0 bridgehead atoms. The molecule has 1 nitrogen and oxygen atoms in total. The van der Waals surface area contributed by atoms with E-state index in [-0.39, 0.29) is 0 Å². The molecule has 14 heavy (non-hydrogen) atoms. The van der Waals surface area contributed by atoms with E-state index in [1.165, 1.54) is 0 Å². The molecular weight excluding hydrogens is 294 g/mol. The van der Waals surface area contributed by atoms with Gasteiger partial charge in [0.2, 0.25) is 0 Å². The maximum atomic E-state index is 12.1. The Balaban J connectivity index is 5.29. The van der Waals surface area contributed by atoms with E-state index in [4.69, 9.17) is 0 Å². The first-order chi connectivity index (χ1) is 5.98. The fourth-order valence-electron chi connectivity index (χ4n) is 0.361. The van der Waals surface area contributed by atoms with E-state index < -0.39 is 24.0 Å². The first-order valence-electron chi connectivity index (χ1n) is 2.65. The fourth-order valence-corrected chi connectivity index (χ4v) is 0.583. The van der Waals surface area contributed by atoms with Gasteiger partial charge in [0.05, 0.1) is 16.1 Å². The Morgan fingerprint density at radius 1 is 0.929 bits per heavy atom. The lowest BCUT2D eigenvalue weighted by molar-refractivity contribution is -0.337. The minimum atomic E-state index is -6.56. The molecular formula is C4BrF8N. The molecule has 0 amide bonds. The minimum absolute atomic E-state index is 1.64. The van der Waals surface area contributed by atoms with E-state index in [1.807, 2.05) is 0 Å². The molecule has 10 heteroatoms. The maximum absolute atomic E-state index is 12.1. The second kappa shape index (κ2) is 3.63. The van der Waals surface area contributed by atoms with E-state index in [0.717, 1.165) is 0 Å². The summed E-state index contributed by atoms with van der Waals surface area (Å²) in [6.07, 6.45) is -6.56. The second-order valence-electron chi connectivity index (χ2n) is 2.02. The van der Waals surface area contributed by atoms with Crippen LogP contribution in [0.4, 0.5) is 35.1 Å². The molecule has 0 aromatic rings. The van der Waals surface area contributed by atoms with E-state index in [9.17, 15) is 35.1 Å². The molecule has 0 rings (SSSR count). The van der Waals surface area contributed by atoms with Crippen molar-refractivity contribution in [1.82, 2.24) is 0 Å². The molecule has 0 aliphatic heterocycles. The molecule has 0 aliphatic carbocycles. The zero-order chi connectivity index (χ0) is 11.8. The predicted octanol–water partition coefficient (Wildman–Crippen LogP) is 3.50. The number of hydrogen-bond donors (Lipinski definition) is 0. The summed E-state index contributed by atoms with van der Waals surface area (Å²) in [6, 6.07) is 0. The van der Waals surface area contributed by atoms with Crippen molar-refractivity contribution in [2.24, 2.45) is 4.02 Å². The lowest BCUT2D eigenvalue weighted by atomic mass is 10.1. The Morgan fingerprint density at radius 3 is 1.50 bits per heavy atom. The number of alkyl halides is 7. The van der Waals surface area contributed by atoms with Crippen LogP contribution in [0.2, 0.25) is 0 Å². The highest BCUT2D eigenvalue weighted by molar-refractivity contribution is 9.08. The molecule has 0 heterocycles. The first kappa shape index (κ1) is 13.6. The quantitative estimate of drug-likeness (QED) is 0.546. The second-order valence-corrected chi connectivity index (χ2v) is 2.38. The van der Waals surface area contributed by atoms with Crippen molar-refractivity contribution in [3.63, 3.8) is 0 Å². The lowest BCUT2D eigenvalue weighted by Gasteiger charge is -2.25. The van der Waals surface area contributed by atoms with Gasteiger partial charge < -0.3 is 0 Å². The molecule has 0 N–H and O–H groups in total. The number of halogens is 9. The third-order valence-electron chi connectivity index (χ3n) is 1.08. The minimum Gasteiger partial charge on any atom is -0.189 e. The highest BCUT2D eigenvalue weighted by Gasteiger charge is 2.75. The van der Waals surface area contributed by atoms with Gasteiger partial charge in [-0.25, -0.2) is 0 Å². The summed E-state index contributed by atoms with van der Waals surface area (Å²) in [5, 5.41) is 0. The van der Waals surface area contributed by atoms with Gasteiger partial charge in [-0.05, 0) is 0 Å². The summed E-state index contributed by atoms with van der Waals surface area (Å²) < 4.78 is 95.8. The van der Waals surface area contributed by atoms with Crippen molar-refractivity contribution in [2.45, 2.75) is 18.0 Å². The van der Waals surface area contributed by atoms with Gasteiger partial charge >= 0.3 is 18.0 Å². The number of hydrogen-bond acceptors (Lipinski definition) is 1. The smallest absolute Gasteiger partial charge is 0.189 e. The number of nitrogens with zero attached hydrogens (tertiary/aromatic N) is 1. The van der Waals surface area contributed by atoms with Crippen LogP contribution in [0.3, 0.4) is 0 Å².